The van der Waals surface area contributed by atoms with Crippen molar-refractivity contribution >= 4 is 15.5 Å². The second-order valence-corrected chi connectivity index (χ2v) is 5.67. The Hall–Kier alpha value is -1.25. The fraction of sp³-hybridized carbons (Fsp3) is 0.455. The van der Waals surface area contributed by atoms with Crippen molar-refractivity contribution in [3.05, 3.63) is 24.3 Å². The molecule has 8 heteroatoms. The van der Waals surface area contributed by atoms with E-state index in [2.05, 4.69) is 5.32 Å². The van der Waals surface area contributed by atoms with Gasteiger partial charge >= 0.3 is 5.76 Å². The van der Waals surface area contributed by atoms with E-state index in [0.29, 0.717) is 0 Å². The number of hydrogen-bond donors (Lipinski definition) is 2. The van der Waals surface area contributed by atoms with Gasteiger partial charge in [-0.1, -0.05) is 12.1 Å². The number of rotatable bonds is 7. The Morgan fingerprint density at radius 1 is 1.37 bits per heavy atom. The van der Waals surface area contributed by atoms with Crippen LogP contribution in [-0.2, 0) is 14.6 Å². The minimum atomic E-state index is -4.69. The van der Waals surface area contributed by atoms with Gasteiger partial charge in [-0.2, -0.15) is 8.78 Å². The number of nitrogens with one attached hydrogen (secondary N) is 1. The zero-order valence-corrected chi connectivity index (χ0v) is 11.0. The third-order valence-electron chi connectivity index (χ3n) is 2.38. The molecular formula is C11H15F2NO4S. The van der Waals surface area contributed by atoms with Crippen LogP contribution in [0.15, 0.2) is 29.2 Å². The number of para-hydroxylation sites is 1. The van der Waals surface area contributed by atoms with Crippen molar-refractivity contribution in [2.75, 3.05) is 25.6 Å². The van der Waals surface area contributed by atoms with E-state index in [0.717, 1.165) is 6.07 Å². The van der Waals surface area contributed by atoms with Crippen LogP contribution in [0, 0.1) is 0 Å². The lowest BCUT2D eigenvalue weighted by atomic mass is 10.2. The minimum Gasteiger partial charge on any atom is -0.394 e. The Balaban J connectivity index is 3.09. The number of alkyl halides is 2. The zero-order chi connectivity index (χ0) is 14.5. The van der Waals surface area contributed by atoms with Gasteiger partial charge in [0, 0.05) is 7.11 Å². The molecule has 0 aromatic heterocycles. The van der Waals surface area contributed by atoms with E-state index in [4.69, 9.17) is 9.84 Å². The average molecular weight is 295 g/mol. The summed E-state index contributed by atoms with van der Waals surface area (Å²) >= 11 is 0. The molecule has 0 fully saturated rings. The maximum absolute atomic E-state index is 12.6. The van der Waals surface area contributed by atoms with Crippen molar-refractivity contribution in [2.24, 2.45) is 0 Å². The van der Waals surface area contributed by atoms with Gasteiger partial charge in [0.1, 0.15) is 0 Å². The summed E-state index contributed by atoms with van der Waals surface area (Å²) < 4.78 is 52.9. The summed E-state index contributed by atoms with van der Waals surface area (Å²) in [5.74, 6) is -3.49. The maximum Gasteiger partial charge on any atom is 0.341 e. The van der Waals surface area contributed by atoms with Crippen molar-refractivity contribution in [1.82, 2.24) is 0 Å². The number of halogens is 2. The Labute approximate surface area is 110 Å². The minimum absolute atomic E-state index is 0.0129. The molecule has 1 aromatic carbocycles. The second-order valence-electron chi connectivity index (χ2n) is 3.78. The van der Waals surface area contributed by atoms with E-state index in [9.17, 15) is 17.2 Å². The van der Waals surface area contributed by atoms with Gasteiger partial charge in [-0.15, -0.1) is 0 Å². The van der Waals surface area contributed by atoms with Crippen LogP contribution in [0.4, 0.5) is 14.5 Å². The number of anilines is 1. The van der Waals surface area contributed by atoms with Gasteiger partial charge in [-0.3, -0.25) is 0 Å². The molecule has 0 aliphatic carbocycles. The molecule has 0 bridgehead atoms. The van der Waals surface area contributed by atoms with E-state index < -0.39 is 26.5 Å². The van der Waals surface area contributed by atoms with Crippen LogP contribution in [0.25, 0.3) is 0 Å². The third kappa shape index (κ3) is 3.85. The van der Waals surface area contributed by atoms with Gasteiger partial charge < -0.3 is 15.2 Å². The summed E-state index contributed by atoms with van der Waals surface area (Å²) in [5.41, 5.74) is 0.0129. The number of methoxy groups -OCH3 is 1. The van der Waals surface area contributed by atoms with Crippen molar-refractivity contribution < 1.29 is 27.0 Å². The molecule has 2 N–H and O–H groups in total. The molecular weight excluding hydrogens is 280 g/mol. The Morgan fingerprint density at radius 3 is 2.53 bits per heavy atom. The van der Waals surface area contributed by atoms with Gasteiger partial charge in [0.05, 0.1) is 29.8 Å². The van der Waals surface area contributed by atoms with Crippen LogP contribution in [0.2, 0.25) is 0 Å². The first-order valence-electron chi connectivity index (χ1n) is 5.41. The van der Waals surface area contributed by atoms with Gasteiger partial charge in [-0.25, -0.2) is 8.42 Å². The number of aliphatic hydroxyl groups is 1. The highest BCUT2D eigenvalue weighted by molar-refractivity contribution is 7.91. The predicted molar refractivity (Wildman–Crippen MR) is 66.0 cm³/mol. The van der Waals surface area contributed by atoms with Gasteiger partial charge in [0.25, 0.3) is 0 Å². The SMILES string of the molecule is COCC(CO)Nc1ccccc1S(=O)(=O)C(F)F. The lowest BCUT2D eigenvalue weighted by molar-refractivity contribution is 0.153. The predicted octanol–water partition coefficient (Wildman–Crippen LogP) is 1.10. The highest BCUT2D eigenvalue weighted by Gasteiger charge is 2.29. The molecule has 0 radical (unpaired) electrons. The highest BCUT2D eigenvalue weighted by atomic mass is 32.2. The van der Waals surface area contributed by atoms with E-state index in [-0.39, 0.29) is 18.9 Å². The summed E-state index contributed by atoms with van der Waals surface area (Å²) in [6.07, 6.45) is 0. The number of ether oxygens (including phenoxy) is 1. The summed E-state index contributed by atoms with van der Waals surface area (Å²) in [6, 6.07) is 4.72. The van der Waals surface area contributed by atoms with Gasteiger partial charge in [0.15, 0.2) is 0 Å². The number of benzene rings is 1. The largest absolute Gasteiger partial charge is 0.394 e. The van der Waals surface area contributed by atoms with Crippen LogP contribution in [-0.4, -0.2) is 45.6 Å². The van der Waals surface area contributed by atoms with Crippen LogP contribution >= 0.6 is 0 Å². The first-order chi connectivity index (χ1) is 8.93. The zero-order valence-electron chi connectivity index (χ0n) is 10.2. The van der Waals surface area contributed by atoms with Crippen molar-refractivity contribution in [3.63, 3.8) is 0 Å². The topological polar surface area (TPSA) is 75.6 Å². The molecule has 0 spiro atoms. The smallest absolute Gasteiger partial charge is 0.341 e. The van der Waals surface area contributed by atoms with E-state index in [1.807, 2.05) is 0 Å². The van der Waals surface area contributed by atoms with Crippen LogP contribution < -0.4 is 5.32 Å². The molecule has 108 valence electrons. The molecule has 0 heterocycles. The number of aliphatic hydroxyl groups excluding tert-OH is 1. The van der Waals surface area contributed by atoms with Crippen molar-refractivity contribution in [3.8, 4) is 0 Å². The fourth-order valence-electron chi connectivity index (χ4n) is 1.49. The van der Waals surface area contributed by atoms with Crippen LogP contribution in [0.5, 0.6) is 0 Å². The van der Waals surface area contributed by atoms with E-state index in [1.54, 1.807) is 0 Å². The average Bonchev–Trinajstić information content (AvgIpc) is 2.38. The number of sulfone groups is 1. The third-order valence-corrected chi connectivity index (χ3v) is 3.81. The van der Waals surface area contributed by atoms with E-state index >= 15 is 0 Å². The summed E-state index contributed by atoms with van der Waals surface area (Å²) in [5, 5.41) is 11.8. The fourth-order valence-corrected chi connectivity index (χ4v) is 2.38. The molecule has 1 aromatic rings. The van der Waals surface area contributed by atoms with Gasteiger partial charge in [0.2, 0.25) is 9.84 Å². The second kappa shape index (κ2) is 6.78. The summed E-state index contributed by atoms with van der Waals surface area (Å²) in [7, 11) is -3.29. The molecule has 0 saturated heterocycles. The molecule has 1 rings (SSSR count). The highest BCUT2D eigenvalue weighted by Crippen LogP contribution is 2.26. The monoisotopic (exact) mass is 295 g/mol. The van der Waals surface area contributed by atoms with E-state index in [1.165, 1.54) is 25.3 Å². The number of hydrogen-bond acceptors (Lipinski definition) is 5. The van der Waals surface area contributed by atoms with Crippen molar-refractivity contribution in [1.29, 1.82) is 0 Å². The molecule has 0 aliphatic rings. The molecule has 1 atom stereocenters. The molecule has 0 amide bonds. The van der Waals surface area contributed by atoms with Crippen LogP contribution in [0.3, 0.4) is 0 Å². The summed E-state index contributed by atoms with van der Waals surface area (Å²) in [4.78, 5) is -0.500. The Bertz CT molecular complexity index is 507. The molecule has 19 heavy (non-hydrogen) atoms. The first kappa shape index (κ1) is 15.8. The molecule has 0 aliphatic heterocycles. The maximum atomic E-state index is 12.6. The normalized spacial score (nSPS) is 13.5. The lowest BCUT2D eigenvalue weighted by Crippen LogP contribution is -2.29. The molecule has 5 nitrogen and oxygen atoms in total. The van der Waals surface area contributed by atoms with Gasteiger partial charge in [-0.05, 0) is 12.1 Å². The molecule has 0 saturated carbocycles. The van der Waals surface area contributed by atoms with Crippen molar-refractivity contribution in [2.45, 2.75) is 16.7 Å². The Morgan fingerprint density at radius 2 is 2.00 bits per heavy atom. The van der Waals surface area contributed by atoms with Crippen LogP contribution in [0.1, 0.15) is 0 Å². The Kier molecular flexibility index (Phi) is 5.64. The first-order valence-corrected chi connectivity index (χ1v) is 6.95. The standard InChI is InChI=1S/C11H15F2NO4S/c1-18-7-8(6-15)14-9-4-2-3-5-10(9)19(16,17)11(12)13/h2-5,8,11,14-15H,6-7H2,1H3. The summed E-state index contributed by atoms with van der Waals surface area (Å²) in [6.45, 7) is -0.212. The molecule has 1 unspecified atom stereocenters. The lowest BCUT2D eigenvalue weighted by Gasteiger charge is -2.19. The quantitative estimate of drug-likeness (QED) is 0.788.